The molecule has 2 bridgehead atoms. The van der Waals surface area contributed by atoms with Crippen LogP contribution >= 0.6 is 12.2 Å². The maximum Gasteiger partial charge on any atom is 0.328 e. The summed E-state index contributed by atoms with van der Waals surface area (Å²) < 4.78 is 7.19. The Bertz CT molecular complexity index is 975. The van der Waals surface area contributed by atoms with Gasteiger partial charge in [-0.25, -0.2) is 4.79 Å². The van der Waals surface area contributed by atoms with Gasteiger partial charge in [0, 0.05) is 43.7 Å². The van der Waals surface area contributed by atoms with E-state index in [0.29, 0.717) is 24.1 Å². The minimum Gasteiger partial charge on any atom is -0.464 e. The van der Waals surface area contributed by atoms with Crippen molar-refractivity contribution in [1.82, 2.24) is 14.8 Å². The van der Waals surface area contributed by atoms with Gasteiger partial charge < -0.3 is 19.5 Å². The number of carbonyl (C=O) groups is 1. The first-order chi connectivity index (χ1) is 14.5. The molecule has 6 nitrogen and oxygen atoms in total. The molecule has 4 rings (SSSR count). The second-order valence-corrected chi connectivity index (χ2v) is 8.43. The molecule has 0 spiro atoms. The fraction of sp³-hybridized carbons (Fsp3) is 0.435. The number of hydrogen-bond acceptors (Lipinski definition) is 4. The number of fused-ring (bicyclic) bond motifs is 4. The van der Waals surface area contributed by atoms with Crippen molar-refractivity contribution in [3.63, 3.8) is 0 Å². The van der Waals surface area contributed by atoms with Gasteiger partial charge in [-0.15, -0.1) is 0 Å². The summed E-state index contributed by atoms with van der Waals surface area (Å²) in [5, 5.41) is 3.83. The fourth-order valence-electron chi connectivity index (χ4n) is 4.59. The van der Waals surface area contributed by atoms with Crippen LogP contribution in [0.25, 0.3) is 0 Å². The van der Waals surface area contributed by atoms with Crippen molar-refractivity contribution in [2.24, 2.45) is 5.92 Å². The first-order valence-electron chi connectivity index (χ1n) is 10.5. The number of aromatic nitrogens is 1. The lowest BCUT2D eigenvalue weighted by Gasteiger charge is -2.44. The third-order valence-corrected chi connectivity index (χ3v) is 6.29. The Morgan fingerprint density at radius 3 is 2.73 bits per heavy atom. The molecule has 0 amide bonds. The number of esters is 1. The lowest BCUT2D eigenvalue weighted by Crippen LogP contribution is -2.55. The van der Waals surface area contributed by atoms with Crippen molar-refractivity contribution in [3.05, 3.63) is 70.1 Å². The molecule has 2 aliphatic rings. The van der Waals surface area contributed by atoms with Gasteiger partial charge in [0.25, 0.3) is 5.56 Å². The highest BCUT2D eigenvalue weighted by Gasteiger charge is 2.36. The molecule has 3 atom stereocenters. The number of thiocarbonyl (C=S) groups is 1. The van der Waals surface area contributed by atoms with Crippen LogP contribution in [0.2, 0.25) is 0 Å². The molecule has 1 aromatic carbocycles. The summed E-state index contributed by atoms with van der Waals surface area (Å²) in [7, 11) is 0. The molecule has 1 saturated heterocycles. The largest absolute Gasteiger partial charge is 0.464 e. The van der Waals surface area contributed by atoms with Crippen LogP contribution in [0.4, 0.5) is 0 Å². The fourth-order valence-corrected chi connectivity index (χ4v) is 4.88. The molecule has 0 aliphatic carbocycles. The molecule has 1 aromatic heterocycles. The number of likely N-dealkylation sites (tertiary alicyclic amines) is 1. The van der Waals surface area contributed by atoms with Gasteiger partial charge in [0.1, 0.15) is 6.04 Å². The molecular formula is C23H27N3O3S. The van der Waals surface area contributed by atoms with E-state index in [4.69, 9.17) is 17.0 Å². The van der Waals surface area contributed by atoms with E-state index in [1.807, 2.05) is 47.0 Å². The molecule has 158 valence electrons. The number of rotatable bonds is 5. The molecule has 2 aliphatic heterocycles. The van der Waals surface area contributed by atoms with Crippen molar-refractivity contribution in [2.75, 3.05) is 19.7 Å². The Morgan fingerprint density at radius 2 is 1.97 bits per heavy atom. The quantitative estimate of drug-likeness (QED) is 0.586. The standard InChI is InChI=1S/C23H27N3O3S/c1-2-29-22(28)19(12-16-7-4-3-5-8-16)24-23(30)25-13-17-11-18(15-25)20-9-6-10-21(27)26(20)14-17/h3-10,17-19H,2,11-15H2,1H3,(H,24,30)/t17-,18-,19+/m1/s1. The lowest BCUT2D eigenvalue weighted by molar-refractivity contribution is -0.145. The molecule has 2 aromatic rings. The third kappa shape index (κ3) is 4.41. The Hall–Kier alpha value is -2.67. The monoisotopic (exact) mass is 425 g/mol. The molecule has 0 radical (unpaired) electrons. The number of piperidine rings is 1. The lowest BCUT2D eigenvalue weighted by atomic mass is 9.83. The van der Waals surface area contributed by atoms with Gasteiger partial charge in [0.05, 0.1) is 6.61 Å². The average Bonchev–Trinajstić information content (AvgIpc) is 2.75. The molecule has 0 saturated carbocycles. The zero-order valence-electron chi connectivity index (χ0n) is 17.1. The Morgan fingerprint density at radius 1 is 1.17 bits per heavy atom. The van der Waals surface area contributed by atoms with Crippen LogP contribution in [-0.2, 0) is 22.5 Å². The van der Waals surface area contributed by atoms with E-state index in [9.17, 15) is 9.59 Å². The first kappa shape index (κ1) is 20.6. The number of carbonyl (C=O) groups excluding carboxylic acids is 1. The van der Waals surface area contributed by atoms with E-state index in [1.54, 1.807) is 13.0 Å². The highest BCUT2D eigenvalue weighted by molar-refractivity contribution is 7.80. The van der Waals surface area contributed by atoms with Crippen LogP contribution in [-0.4, -0.2) is 46.3 Å². The van der Waals surface area contributed by atoms with Crippen molar-refractivity contribution < 1.29 is 9.53 Å². The minimum absolute atomic E-state index is 0.0709. The van der Waals surface area contributed by atoms with Crippen LogP contribution in [0.3, 0.4) is 0 Å². The van der Waals surface area contributed by atoms with E-state index in [-0.39, 0.29) is 17.4 Å². The summed E-state index contributed by atoms with van der Waals surface area (Å²) in [5.74, 6) is 0.338. The highest BCUT2D eigenvalue weighted by atomic mass is 32.1. The summed E-state index contributed by atoms with van der Waals surface area (Å²) in [6, 6.07) is 14.8. The van der Waals surface area contributed by atoms with Crippen LogP contribution in [0.5, 0.6) is 0 Å². The SMILES string of the molecule is CCOC(=O)[C@H](Cc1ccccc1)NC(=S)N1C[C@H]2C[C@H](C1)c1cccc(=O)n1C2. The van der Waals surface area contributed by atoms with E-state index in [2.05, 4.69) is 10.2 Å². The molecule has 1 fully saturated rings. The van der Waals surface area contributed by atoms with Crippen LogP contribution < -0.4 is 10.9 Å². The van der Waals surface area contributed by atoms with Gasteiger partial charge >= 0.3 is 5.97 Å². The van der Waals surface area contributed by atoms with Crippen LogP contribution in [0.1, 0.15) is 30.5 Å². The van der Waals surface area contributed by atoms with Crippen LogP contribution in [0, 0.1) is 5.92 Å². The average molecular weight is 426 g/mol. The van der Waals surface area contributed by atoms with Crippen molar-refractivity contribution in [1.29, 1.82) is 0 Å². The predicted octanol–water partition coefficient (Wildman–Crippen LogP) is 2.32. The molecule has 1 N–H and O–H groups in total. The normalized spacial score (nSPS) is 20.8. The summed E-state index contributed by atoms with van der Waals surface area (Å²) in [6.45, 7) is 4.38. The molecular weight excluding hydrogens is 398 g/mol. The summed E-state index contributed by atoms with van der Waals surface area (Å²) in [5.41, 5.74) is 2.20. The zero-order valence-corrected chi connectivity index (χ0v) is 17.9. The van der Waals surface area contributed by atoms with Gasteiger partial charge in [-0.3, -0.25) is 4.79 Å². The van der Waals surface area contributed by atoms with E-state index >= 15 is 0 Å². The van der Waals surface area contributed by atoms with Crippen LogP contribution in [0.15, 0.2) is 53.3 Å². The highest BCUT2D eigenvalue weighted by Crippen LogP contribution is 2.34. The van der Waals surface area contributed by atoms with E-state index < -0.39 is 6.04 Å². The van der Waals surface area contributed by atoms with Gasteiger partial charge in [0.2, 0.25) is 0 Å². The van der Waals surface area contributed by atoms with Crippen molar-refractivity contribution >= 4 is 23.3 Å². The first-order valence-corrected chi connectivity index (χ1v) is 10.9. The van der Waals surface area contributed by atoms with E-state index in [1.165, 1.54) is 0 Å². The second kappa shape index (κ2) is 9.00. The van der Waals surface area contributed by atoms with Gasteiger partial charge in [-0.05, 0) is 43.1 Å². The topological polar surface area (TPSA) is 63.6 Å². The maximum absolute atomic E-state index is 12.6. The second-order valence-electron chi connectivity index (χ2n) is 8.05. The summed E-state index contributed by atoms with van der Waals surface area (Å²) in [6.07, 6.45) is 1.58. The Balaban J connectivity index is 1.48. The number of benzene rings is 1. The number of nitrogens with zero attached hydrogens (tertiary/aromatic N) is 2. The van der Waals surface area contributed by atoms with Crippen molar-refractivity contribution in [3.8, 4) is 0 Å². The summed E-state index contributed by atoms with van der Waals surface area (Å²) >= 11 is 5.71. The number of ether oxygens (including phenoxy) is 1. The number of hydrogen-bond donors (Lipinski definition) is 1. The zero-order chi connectivity index (χ0) is 21.1. The molecule has 0 unspecified atom stereocenters. The Labute approximate surface area is 181 Å². The van der Waals surface area contributed by atoms with Gasteiger partial charge in [0.15, 0.2) is 5.11 Å². The molecule has 3 heterocycles. The minimum atomic E-state index is -0.531. The molecule has 30 heavy (non-hydrogen) atoms. The van der Waals surface area contributed by atoms with Crippen molar-refractivity contribution in [2.45, 2.75) is 38.3 Å². The summed E-state index contributed by atoms with van der Waals surface area (Å²) in [4.78, 5) is 26.9. The van der Waals surface area contributed by atoms with E-state index in [0.717, 1.165) is 37.3 Å². The van der Waals surface area contributed by atoms with Gasteiger partial charge in [-0.1, -0.05) is 36.4 Å². The smallest absolute Gasteiger partial charge is 0.328 e. The third-order valence-electron chi connectivity index (χ3n) is 5.92. The maximum atomic E-state index is 12.6. The van der Waals surface area contributed by atoms with Gasteiger partial charge in [-0.2, -0.15) is 0 Å². The number of pyridine rings is 1. The molecule has 7 heteroatoms. The number of nitrogens with one attached hydrogen (secondary N) is 1. The Kier molecular flexibility index (Phi) is 6.18. The predicted molar refractivity (Wildman–Crippen MR) is 119 cm³/mol.